The highest BCUT2D eigenvalue weighted by Crippen LogP contribution is 2.29. The zero-order valence-corrected chi connectivity index (χ0v) is 17.2. The molecule has 0 amide bonds. The number of anilines is 1. The Morgan fingerprint density at radius 1 is 1.10 bits per heavy atom. The lowest BCUT2D eigenvalue weighted by atomic mass is 10.0. The Morgan fingerprint density at radius 3 is 2.62 bits per heavy atom. The molecule has 0 bridgehead atoms. The zero-order valence-electron chi connectivity index (χ0n) is 17.2. The molecule has 3 aromatic rings. The third-order valence-corrected chi connectivity index (χ3v) is 5.21. The van der Waals surface area contributed by atoms with Crippen LogP contribution in [-0.4, -0.2) is 47.0 Å². The van der Waals surface area contributed by atoms with E-state index in [9.17, 15) is 0 Å². The molecule has 4 rings (SSSR count). The van der Waals surface area contributed by atoms with E-state index in [4.69, 9.17) is 9.47 Å². The summed E-state index contributed by atoms with van der Waals surface area (Å²) in [5.41, 5.74) is 4.20. The van der Waals surface area contributed by atoms with Crippen LogP contribution in [0.25, 0.3) is 0 Å². The molecule has 1 saturated heterocycles. The third-order valence-electron chi connectivity index (χ3n) is 5.21. The molecular formula is C22H27N5O2. The van der Waals surface area contributed by atoms with Crippen LogP contribution >= 0.6 is 0 Å². The Balaban J connectivity index is 1.33. The van der Waals surface area contributed by atoms with E-state index in [1.807, 2.05) is 44.2 Å². The second kappa shape index (κ2) is 8.51. The summed E-state index contributed by atoms with van der Waals surface area (Å²) >= 11 is 0. The Morgan fingerprint density at radius 2 is 1.86 bits per heavy atom. The Hall–Kier alpha value is -3.09. The van der Waals surface area contributed by atoms with Gasteiger partial charge in [-0.3, -0.25) is 5.10 Å². The van der Waals surface area contributed by atoms with Gasteiger partial charge in [0.2, 0.25) is 5.95 Å². The maximum atomic E-state index is 5.87. The van der Waals surface area contributed by atoms with Gasteiger partial charge in [0, 0.05) is 42.5 Å². The number of aryl methyl sites for hydroxylation is 2. The van der Waals surface area contributed by atoms with Crippen molar-refractivity contribution in [1.29, 1.82) is 0 Å². The molecule has 7 nitrogen and oxygen atoms in total. The highest BCUT2D eigenvalue weighted by Gasteiger charge is 2.27. The summed E-state index contributed by atoms with van der Waals surface area (Å²) in [6.07, 6.45) is 1.82. The minimum atomic E-state index is 0.388. The smallest absolute Gasteiger partial charge is 0.225 e. The van der Waals surface area contributed by atoms with E-state index in [1.165, 1.54) is 0 Å². The summed E-state index contributed by atoms with van der Waals surface area (Å²) in [5, 5.41) is 7.71. The van der Waals surface area contributed by atoms with Crippen molar-refractivity contribution in [2.75, 3.05) is 31.7 Å². The Bertz CT molecular complexity index is 951. The van der Waals surface area contributed by atoms with Crippen molar-refractivity contribution < 1.29 is 9.47 Å². The lowest BCUT2D eigenvalue weighted by molar-refractivity contribution is 0.296. The van der Waals surface area contributed by atoms with Gasteiger partial charge >= 0.3 is 0 Å². The molecule has 0 aliphatic carbocycles. The molecule has 0 unspecified atom stereocenters. The van der Waals surface area contributed by atoms with Gasteiger partial charge in [-0.25, -0.2) is 9.97 Å². The molecule has 1 N–H and O–H groups in total. The van der Waals surface area contributed by atoms with Gasteiger partial charge < -0.3 is 14.4 Å². The Kier molecular flexibility index (Phi) is 5.64. The van der Waals surface area contributed by atoms with Crippen LogP contribution in [0.5, 0.6) is 11.5 Å². The zero-order chi connectivity index (χ0) is 20.2. The van der Waals surface area contributed by atoms with E-state index in [0.29, 0.717) is 12.5 Å². The van der Waals surface area contributed by atoms with Gasteiger partial charge in [-0.05, 0) is 44.5 Å². The molecule has 1 aromatic carbocycles. The van der Waals surface area contributed by atoms with Crippen LogP contribution in [0.2, 0.25) is 0 Å². The minimum absolute atomic E-state index is 0.388. The normalized spacial score (nSPS) is 16.2. The first-order chi connectivity index (χ1) is 14.1. The number of ether oxygens (including phenoxy) is 2. The van der Waals surface area contributed by atoms with E-state index in [-0.39, 0.29) is 0 Å². The van der Waals surface area contributed by atoms with Gasteiger partial charge in [0.15, 0.2) is 11.5 Å². The number of H-pyrrole nitrogens is 1. The first-order valence-corrected chi connectivity index (χ1v) is 9.99. The number of hydrogen-bond donors (Lipinski definition) is 1. The molecule has 152 valence electrons. The molecule has 0 spiro atoms. The fourth-order valence-corrected chi connectivity index (χ4v) is 3.76. The summed E-state index contributed by atoms with van der Waals surface area (Å²) in [4.78, 5) is 11.4. The van der Waals surface area contributed by atoms with Crippen LogP contribution in [-0.2, 0) is 6.42 Å². The number of nitrogens with one attached hydrogen (secondary N) is 1. The fourth-order valence-electron chi connectivity index (χ4n) is 3.76. The first kappa shape index (κ1) is 19.2. The van der Waals surface area contributed by atoms with Gasteiger partial charge in [0.05, 0.1) is 19.4 Å². The van der Waals surface area contributed by atoms with Crippen molar-refractivity contribution in [3.05, 3.63) is 59.2 Å². The minimum Gasteiger partial charge on any atom is -0.493 e. The van der Waals surface area contributed by atoms with Gasteiger partial charge in [-0.2, -0.15) is 5.10 Å². The average molecular weight is 393 g/mol. The predicted molar refractivity (Wildman–Crippen MR) is 112 cm³/mol. The molecule has 3 heterocycles. The summed E-state index contributed by atoms with van der Waals surface area (Å²) in [6.45, 7) is 6.43. The summed E-state index contributed by atoms with van der Waals surface area (Å²) in [5.74, 6) is 2.72. The van der Waals surface area contributed by atoms with Gasteiger partial charge in [0.1, 0.15) is 0 Å². The standard InChI is InChI=1S/C22H27N5O2/c1-15-12-16(2)24-22(23-15)27-10-8-17(14-27)19-13-18(25-26-19)9-11-29-21-7-5-4-6-20(21)28-3/h4-7,12-13,17H,8-11,14H2,1-3H3,(H,25,26)/t17-/m1/s1. The van der Waals surface area contributed by atoms with Gasteiger partial charge in [-0.1, -0.05) is 12.1 Å². The fraction of sp³-hybridized carbons (Fsp3) is 0.409. The molecule has 0 radical (unpaired) electrons. The van der Waals surface area contributed by atoms with Crippen molar-refractivity contribution in [1.82, 2.24) is 20.2 Å². The van der Waals surface area contributed by atoms with E-state index in [2.05, 4.69) is 31.1 Å². The monoisotopic (exact) mass is 393 g/mol. The molecule has 7 heteroatoms. The summed E-state index contributed by atoms with van der Waals surface area (Å²) in [7, 11) is 1.65. The predicted octanol–water partition coefficient (Wildman–Crippen LogP) is 3.44. The molecule has 1 atom stereocenters. The number of aromatic nitrogens is 4. The van der Waals surface area contributed by atoms with E-state index >= 15 is 0 Å². The number of methoxy groups -OCH3 is 1. The van der Waals surface area contributed by atoms with Crippen LogP contribution in [0.3, 0.4) is 0 Å². The molecule has 2 aromatic heterocycles. The molecular weight excluding hydrogens is 366 g/mol. The maximum Gasteiger partial charge on any atom is 0.225 e. The largest absolute Gasteiger partial charge is 0.493 e. The highest BCUT2D eigenvalue weighted by atomic mass is 16.5. The number of para-hydroxylation sites is 2. The lowest BCUT2D eigenvalue weighted by Gasteiger charge is -2.16. The topological polar surface area (TPSA) is 76.2 Å². The second-order valence-corrected chi connectivity index (χ2v) is 7.45. The van der Waals surface area contributed by atoms with Crippen LogP contribution < -0.4 is 14.4 Å². The molecule has 0 saturated carbocycles. The van der Waals surface area contributed by atoms with Gasteiger partial charge in [0.25, 0.3) is 0 Å². The SMILES string of the molecule is COc1ccccc1OCCc1cc([C@@H]2CCN(c3nc(C)cc(C)n3)C2)n[nH]1. The number of nitrogens with zero attached hydrogens (tertiary/aromatic N) is 4. The van der Waals surface area contributed by atoms with Crippen LogP contribution in [0, 0.1) is 13.8 Å². The third kappa shape index (κ3) is 4.50. The van der Waals surface area contributed by atoms with E-state index < -0.39 is 0 Å². The van der Waals surface area contributed by atoms with Gasteiger partial charge in [-0.15, -0.1) is 0 Å². The molecule has 1 aliphatic heterocycles. The van der Waals surface area contributed by atoms with Crippen molar-refractivity contribution in [3.8, 4) is 11.5 Å². The summed E-state index contributed by atoms with van der Waals surface area (Å²) < 4.78 is 11.2. The van der Waals surface area contributed by atoms with Crippen molar-refractivity contribution in [2.45, 2.75) is 32.6 Å². The van der Waals surface area contributed by atoms with E-state index in [0.717, 1.165) is 66.2 Å². The van der Waals surface area contributed by atoms with Crippen LogP contribution in [0.4, 0.5) is 5.95 Å². The number of aromatic amines is 1. The molecule has 1 aliphatic rings. The van der Waals surface area contributed by atoms with Crippen molar-refractivity contribution in [2.24, 2.45) is 0 Å². The summed E-state index contributed by atoms with van der Waals surface area (Å²) in [6, 6.07) is 11.8. The van der Waals surface area contributed by atoms with Crippen molar-refractivity contribution >= 4 is 5.95 Å². The van der Waals surface area contributed by atoms with Crippen LogP contribution in [0.1, 0.15) is 35.1 Å². The van der Waals surface area contributed by atoms with E-state index in [1.54, 1.807) is 7.11 Å². The first-order valence-electron chi connectivity index (χ1n) is 9.99. The Labute approximate surface area is 171 Å². The molecule has 29 heavy (non-hydrogen) atoms. The number of benzene rings is 1. The second-order valence-electron chi connectivity index (χ2n) is 7.45. The van der Waals surface area contributed by atoms with Crippen molar-refractivity contribution in [3.63, 3.8) is 0 Å². The quantitative estimate of drug-likeness (QED) is 0.663. The van der Waals surface area contributed by atoms with Crippen LogP contribution in [0.15, 0.2) is 36.4 Å². The average Bonchev–Trinajstić information content (AvgIpc) is 3.37. The number of rotatable bonds is 7. The number of hydrogen-bond acceptors (Lipinski definition) is 6. The maximum absolute atomic E-state index is 5.87. The lowest BCUT2D eigenvalue weighted by Crippen LogP contribution is -2.22. The molecule has 1 fully saturated rings. The highest BCUT2D eigenvalue weighted by molar-refractivity contribution is 5.39.